The Kier molecular flexibility index (Phi) is 6.58. The minimum atomic E-state index is -3.02. The molecule has 10 rings (SSSR count). The van der Waals surface area contributed by atoms with Crippen LogP contribution >= 0.6 is 0 Å². The van der Waals surface area contributed by atoms with Gasteiger partial charge in [0.25, 0.3) is 0 Å². The second-order valence-corrected chi connectivity index (χ2v) is 17.0. The maximum absolute atomic E-state index is 3.02. The maximum Gasteiger partial charge on any atom is 0.180 e. The minimum absolute atomic E-state index is 1.18. The van der Waals surface area contributed by atoms with Gasteiger partial charge in [-0.3, -0.25) is 0 Å². The normalized spacial score (nSPS) is 13.0. The topological polar surface area (TPSA) is 4.93 Å². The summed E-state index contributed by atoms with van der Waals surface area (Å²) in [5.74, 6) is 0. The van der Waals surface area contributed by atoms with Crippen molar-refractivity contribution in [3.8, 4) is 39.1 Å². The Bertz CT molecular complexity index is 2580. The minimum Gasteiger partial charge on any atom is -0.309 e. The first kappa shape index (κ1) is 28.8. The third-order valence-electron chi connectivity index (χ3n) is 10.7. The van der Waals surface area contributed by atoms with Crippen molar-refractivity contribution in [2.75, 3.05) is 0 Å². The lowest BCUT2D eigenvalue weighted by atomic mass is 9.89. The average molecular weight is 652 g/mol. The van der Waals surface area contributed by atoms with Crippen molar-refractivity contribution in [3.63, 3.8) is 0 Å². The highest BCUT2D eigenvalue weighted by molar-refractivity contribution is 7.21. The standard InChI is InChI=1S/C48H33NSi/c1-2-18-35(19-3-1)50(36-20-16-17-34(33-36)49-45-29-12-8-25-41(45)42-26-9-13-30-46(42)49)47-31-14-10-27-43(47)39-23-6-4-21-37(39)38-22-5-7-24-40(38)44-28-11-15-32-48(44)50/h1-33H. The highest BCUT2D eigenvalue weighted by atomic mass is 28.3. The number of para-hydroxylation sites is 2. The third-order valence-corrected chi connectivity index (χ3v) is 15.6. The van der Waals surface area contributed by atoms with Crippen LogP contribution in [0.25, 0.3) is 60.9 Å². The van der Waals surface area contributed by atoms with Crippen LogP contribution in [0.4, 0.5) is 0 Å². The molecule has 2 heterocycles. The molecule has 0 fully saturated rings. The van der Waals surface area contributed by atoms with Gasteiger partial charge in [-0.15, -0.1) is 0 Å². The molecule has 9 aromatic rings. The Labute approximate surface area is 293 Å². The van der Waals surface area contributed by atoms with Crippen LogP contribution in [0.5, 0.6) is 0 Å². The van der Waals surface area contributed by atoms with E-state index in [-0.39, 0.29) is 0 Å². The molecule has 0 bridgehead atoms. The largest absolute Gasteiger partial charge is 0.309 e. The number of benzene rings is 8. The zero-order valence-electron chi connectivity index (χ0n) is 27.5. The summed E-state index contributed by atoms with van der Waals surface area (Å²) in [5.41, 5.74) is 11.3. The van der Waals surface area contributed by atoms with Crippen LogP contribution in [0, 0.1) is 0 Å². The van der Waals surface area contributed by atoms with Crippen LogP contribution in [0.3, 0.4) is 0 Å². The molecule has 0 amide bonds. The number of hydrogen-bond donors (Lipinski definition) is 0. The Morgan fingerprint density at radius 2 is 0.700 bits per heavy atom. The molecule has 0 unspecified atom stereocenters. The van der Waals surface area contributed by atoms with E-state index in [4.69, 9.17) is 0 Å². The monoisotopic (exact) mass is 651 g/mol. The van der Waals surface area contributed by atoms with E-state index in [1.54, 1.807) is 0 Å². The van der Waals surface area contributed by atoms with Gasteiger partial charge in [0, 0.05) is 16.5 Å². The van der Waals surface area contributed by atoms with Crippen LogP contribution in [-0.2, 0) is 0 Å². The van der Waals surface area contributed by atoms with Gasteiger partial charge in [0.2, 0.25) is 0 Å². The van der Waals surface area contributed by atoms with E-state index in [9.17, 15) is 0 Å². The molecule has 1 aliphatic heterocycles. The number of hydrogen-bond acceptors (Lipinski definition) is 0. The number of aromatic nitrogens is 1. The molecule has 234 valence electrons. The van der Waals surface area contributed by atoms with Gasteiger partial charge in [-0.1, -0.05) is 176 Å². The summed E-state index contributed by atoms with van der Waals surface area (Å²) >= 11 is 0. The molecule has 0 atom stereocenters. The molecule has 0 N–H and O–H groups in total. The summed E-state index contributed by atoms with van der Waals surface area (Å²) in [6.07, 6.45) is 0. The lowest BCUT2D eigenvalue weighted by Gasteiger charge is -2.37. The summed E-state index contributed by atoms with van der Waals surface area (Å²) < 4.78 is 2.46. The van der Waals surface area contributed by atoms with E-state index in [1.165, 1.54) is 81.6 Å². The Morgan fingerprint density at radius 3 is 1.24 bits per heavy atom. The van der Waals surface area contributed by atoms with Gasteiger partial charge in [-0.2, -0.15) is 0 Å². The van der Waals surface area contributed by atoms with Crippen molar-refractivity contribution in [2.24, 2.45) is 0 Å². The highest BCUT2D eigenvalue weighted by Gasteiger charge is 2.45. The zero-order valence-corrected chi connectivity index (χ0v) is 28.5. The van der Waals surface area contributed by atoms with E-state index in [2.05, 4.69) is 205 Å². The molecule has 0 radical (unpaired) electrons. The van der Waals surface area contributed by atoms with Gasteiger partial charge in [0.15, 0.2) is 8.07 Å². The first-order valence-electron chi connectivity index (χ1n) is 17.4. The van der Waals surface area contributed by atoms with Crippen LogP contribution in [0.2, 0.25) is 0 Å². The van der Waals surface area contributed by atoms with Gasteiger partial charge in [0.1, 0.15) is 0 Å². The van der Waals surface area contributed by atoms with E-state index >= 15 is 0 Å². The van der Waals surface area contributed by atoms with Crippen molar-refractivity contribution >= 4 is 50.6 Å². The molecular weight excluding hydrogens is 619 g/mol. The first-order valence-corrected chi connectivity index (χ1v) is 19.4. The van der Waals surface area contributed by atoms with E-state index in [0.29, 0.717) is 0 Å². The first-order chi connectivity index (χ1) is 24.8. The molecule has 0 spiro atoms. The van der Waals surface area contributed by atoms with Crippen LogP contribution in [0.15, 0.2) is 200 Å². The summed E-state index contributed by atoms with van der Waals surface area (Å²) in [7, 11) is -3.02. The molecule has 0 saturated carbocycles. The smallest absolute Gasteiger partial charge is 0.180 e. The SMILES string of the molecule is c1ccc([Si]2(c3cccc(-n4c5ccccc5c5ccccc54)c3)c3ccccc3-c3ccccc3-c3ccccc3-c3ccccc32)cc1. The fourth-order valence-corrected chi connectivity index (χ4v) is 13.9. The molecular formula is C48H33NSi. The van der Waals surface area contributed by atoms with Crippen molar-refractivity contribution in [1.29, 1.82) is 0 Å². The van der Waals surface area contributed by atoms with E-state index < -0.39 is 8.07 Å². The molecule has 1 aliphatic rings. The number of nitrogens with zero attached hydrogens (tertiary/aromatic N) is 1. The molecule has 0 aliphatic carbocycles. The predicted molar refractivity (Wildman–Crippen MR) is 214 cm³/mol. The second kappa shape index (κ2) is 11.4. The van der Waals surface area contributed by atoms with Crippen molar-refractivity contribution in [2.45, 2.75) is 0 Å². The second-order valence-electron chi connectivity index (χ2n) is 13.2. The van der Waals surface area contributed by atoms with Gasteiger partial charge in [0.05, 0.1) is 11.0 Å². The third kappa shape index (κ3) is 4.12. The lowest BCUT2D eigenvalue weighted by molar-refractivity contribution is 1.18. The lowest BCUT2D eigenvalue weighted by Crippen LogP contribution is -2.75. The van der Waals surface area contributed by atoms with Crippen molar-refractivity contribution in [1.82, 2.24) is 4.57 Å². The quantitative estimate of drug-likeness (QED) is 0.168. The fraction of sp³-hybridized carbons (Fsp3) is 0. The number of fused-ring (bicyclic) bond motifs is 10. The summed E-state index contributed by atoms with van der Waals surface area (Å²) in [6, 6.07) is 74.9. The highest BCUT2D eigenvalue weighted by Crippen LogP contribution is 2.40. The fourth-order valence-electron chi connectivity index (χ4n) is 8.70. The molecule has 1 aromatic heterocycles. The zero-order chi connectivity index (χ0) is 33.1. The predicted octanol–water partition coefficient (Wildman–Crippen LogP) is 9.48. The Balaban J connectivity index is 1.40. The molecule has 2 heteroatoms. The molecule has 8 aromatic carbocycles. The summed E-state index contributed by atoms with van der Waals surface area (Å²) in [6.45, 7) is 0. The molecule has 1 nitrogen and oxygen atoms in total. The Morgan fingerprint density at radius 1 is 0.300 bits per heavy atom. The molecule has 50 heavy (non-hydrogen) atoms. The van der Waals surface area contributed by atoms with E-state index in [0.717, 1.165) is 0 Å². The van der Waals surface area contributed by atoms with Gasteiger partial charge in [-0.05, 0) is 78.4 Å². The average Bonchev–Trinajstić information content (AvgIpc) is 3.55. The summed E-state index contributed by atoms with van der Waals surface area (Å²) in [5, 5.41) is 8.08. The summed E-state index contributed by atoms with van der Waals surface area (Å²) in [4.78, 5) is 0. The van der Waals surface area contributed by atoms with Gasteiger partial charge >= 0.3 is 0 Å². The number of rotatable bonds is 3. The van der Waals surface area contributed by atoms with Crippen LogP contribution < -0.4 is 20.7 Å². The van der Waals surface area contributed by atoms with Gasteiger partial charge < -0.3 is 4.57 Å². The van der Waals surface area contributed by atoms with Crippen LogP contribution in [0.1, 0.15) is 0 Å². The van der Waals surface area contributed by atoms with Crippen LogP contribution in [-0.4, -0.2) is 12.6 Å². The Hall–Kier alpha value is -6.22. The van der Waals surface area contributed by atoms with Crippen molar-refractivity contribution < 1.29 is 0 Å². The van der Waals surface area contributed by atoms with Crippen molar-refractivity contribution in [3.05, 3.63) is 200 Å². The molecule has 0 saturated heterocycles. The van der Waals surface area contributed by atoms with Gasteiger partial charge in [-0.25, -0.2) is 0 Å². The maximum atomic E-state index is 2.50. The van der Waals surface area contributed by atoms with E-state index in [1.807, 2.05) is 0 Å².